The Morgan fingerprint density at radius 2 is 2.25 bits per heavy atom. The monoisotopic (exact) mass is 232 g/mol. The number of esters is 1. The predicted octanol–water partition coefficient (Wildman–Crippen LogP) is 1.71. The zero-order valence-electron chi connectivity index (χ0n) is 8.02. The molecule has 0 N–H and O–H groups in total. The Balaban J connectivity index is 3.32. The van der Waals surface area contributed by atoms with Crippen LogP contribution in [0.1, 0.15) is 22.3 Å². The zero-order valence-corrected chi connectivity index (χ0v) is 8.02. The predicted molar refractivity (Wildman–Crippen MR) is 47.2 cm³/mol. The summed E-state index contributed by atoms with van der Waals surface area (Å²) in [4.78, 5) is 23.8. The van der Waals surface area contributed by atoms with Crippen LogP contribution in [0.4, 0.5) is 14.6 Å². The maximum atomic E-state index is 12.3. The third-order valence-corrected chi connectivity index (χ3v) is 1.72. The Morgan fingerprint density at radius 1 is 1.62 bits per heavy atom. The minimum absolute atomic E-state index is 0.578. The lowest BCUT2D eigenvalue weighted by Gasteiger charge is -2.02. The number of aromatic nitrogens is 1. The van der Waals surface area contributed by atoms with Gasteiger partial charge in [0.1, 0.15) is 6.20 Å². The lowest BCUT2D eigenvalue weighted by Crippen LogP contribution is -2.08. The maximum Gasteiger partial charge on any atom is 0.378 e. The molecule has 0 aromatic carbocycles. The molecule has 0 aliphatic heterocycles. The Kier molecular flexibility index (Phi) is 3.44. The smallest absolute Gasteiger partial charge is 0.378 e. The van der Waals surface area contributed by atoms with Crippen molar-refractivity contribution in [3.8, 4) is 0 Å². The normalized spacial score (nSPS) is 10.2. The van der Waals surface area contributed by atoms with Gasteiger partial charge in [0.05, 0.1) is 12.7 Å². The van der Waals surface area contributed by atoms with Gasteiger partial charge in [-0.25, -0.2) is 13.6 Å². The van der Waals surface area contributed by atoms with E-state index < -0.39 is 34.3 Å². The van der Waals surface area contributed by atoms with E-state index in [1.165, 1.54) is 0 Å². The molecule has 0 aliphatic rings. The van der Waals surface area contributed by atoms with Crippen LogP contribution in [0.15, 0.2) is 12.3 Å². The molecule has 6 nitrogen and oxygen atoms in total. The summed E-state index contributed by atoms with van der Waals surface area (Å²) < 4.78 is 28.8. The molecule has 0 bridgehead atoms. The van der Waals surface area contributed by atoms with E-state index in [4.69, 9.17) is 0 Å². The molecule has 1 rings (SSSR count). The second-order valence-electron chi connectivity index (χ2n) is 2.69. The minimum atomic E-state index is -2.86. The topological polar surface area (TPSA) is 82.3 Å². The number of alkyl halides is 2. The van der Waals surface area contributed by atoms with Crippen LogP contribution in [0, 0.1) is 10.1 Å². The Bertz CT molecular complexity index is 436. The quantitative estimate of drug-likeness (QED) is 0.450. The molecule has 1 heterocycles. The first kappa shape index (κ1) is 12.0. The highest BCUT2D eigenvalue weighted by atomic mass is 19.3. The van der Waals surface area contributed by atoms with E-state index in [-0.39, 0.29) is 0 Å². The maximum absolute atomic E-state index is 12.3. The van der Waals surface area contributed by atoms with Crippen LogP contribution in [0.5, 0.6) is 0 Å². The highest BCUT2D eigenvalue weighted by molar-refractivity contribution is 5.93. The van der Waals surface area contributed by atoms with Gasteiger partial charge in [-0.1, -0.05) is 0 Å². The van der Waals surface area contributed by atoms with Crippen LogP contribution in [-0.4, -0.2) is 23.0 Å². The Labute approximate surface area is 88.0 Å². The summed E-state index contributed by atoms with van der Waals surface area (Å²) in [6.07, 6.45) is -2.22. The number of hydrogen-bond donors (Lipinski definition) is 0. The summed E-state index contributed by atoms with van der Waals surface area (Å²) >= 11 is 0. The number of rotatable bonds is 3. The number of hydrogen-bond acceptors (Lipinski definition) is 5. The van der Waals surface area contributed by atoms with E-state index in [0.717, 1.165) is 7.11 Å². The van der Waals surface area contributed by atoms with Crippen molar-refractivity contribution in [2.75, 3.05) is 7.11 Å². The van der Waals surface area contributed by atoms with Gasteiger partial charge in [-0.05, 0) is 16.0 Å². The van der Waals surface area contributed by atoms with Crippen molar-refractivity contribution in [3.05, 3.63) is 33.5 Å². The molecule has 0 aliphatic carbocycles. The van der Waals surface area contributed by atoms with Crippen LogP contribution in [0.3, 0.4) is 0 Å². The van der Waals surface area contributed by atoms with Gasteiger partial charge >= 0.3 is 11.8 Å². The van der Waals surface area contributed by atoms with E-state index in [2.05, 4.69) is 9.72 Å². The fraction of sp³-hybridized carbons (Fsp3) is 0.250. The molecule has 0 amide bonds. The summed E-state index contributed by atoms with van der Waals surface area (Å²) in [5, 5.41) is 10.5. The molecular weight excluding hydrogens is 226 g/mol. The highest BCUT2D eigenvalue weighted by Gasteiger charge is 2.25. The van der Waals surface area contributed by atoms with Crippen LogP contribution in [-0.2, 0) is 4.74 Å². The average molecular weight is 232 g/mol. The summed E-state index contributed by atoms with van der Waals surface area (Å²) in [5.41, 5.74) is -1.17. The summed E-state index contributed by atoms with van der Waals surface area (Å²) in [6.45, 7) is 0. The standard InChI is InChI=1S/C8H6F2N2O4/c1-16-8(13)5-2-4(6(9)10)3-11-7(5)12(14)15/h2-3,6H,1H3. The van der Waals surface area contributed by atoms with E-state index in [9.17, 15) is 23.7 Å². The molecule has 0 saturated carbocycles. The molecule has 1 aromatic heterocycles. The molecule has 0 spiro atoms. The minimum Gasteiger partial charge on any atom is -0.465 e. The van der Waals surface area contributed by atoms with E-state index in [1.807, 2.05) is 0 Å². The zero-order chi connectivity index (χ0) is 12.3. The van der Waals surface area contributed by atoms with E-state index in [1.54, 1.807) is 0 Å². The van der Waals surface area contributed by atoms with Crippen molar-refractivity contribution in [3.63, 3.8) is 0 Å². The fourth-order valence-corrected chi connectivity index (χ4v) is 0.999. The summed E-state index contributed by atoms with van der Waals surface area (Å²) in [5.74, 6) is -1.89. The summed E-state index contributed by atoms with van der Waals surface area (Å²) in [6, 6.07) is 0.696. The van der Waals surface area contributed by atoms with Gasteiger partial charge in [0, 0.05) is 0 Å². The van der Waals surface area contributed by atoms with Gasteiger partial charge in [0.15, 0.2) is 5.56 Å². The lowest BCUT2D eigenvalue weighted by atomic mass is 10.2. The third-order valence-electron chi connectivity index (χ3n) is 1.72. The van der Waals surface area contributed by atoms with Crippen molar-refractivity contribution >= 4 is 11.8 Å². The molecule has 0 atom stereocenters. The molecule has 0 fully saturated rings. The molecular formula is C8H6F2N2O4. The molecule has 0 unspecified atom stereocenters. The van der Waals surface area contributed by atoms with Gasteiger partial charge < -0.3 is 14.9 Å². The number of halogens is 2. The molecule has 86 valence electrons. The van der Waals surface area contributed by atoms with Gasteiger partial charge in [0.2, 0.25) is 0 Å². The van der Waals surface area contributed by atoms with Crippen LogP contribution in [0.2, 0.25) is 0 Å². The third kappa shape index (κ3) is 2.27. The Hall–Kier alpha value is -2.12. The van der Waals surface area contributed by atoms with Crippen LogP contribution >= 0.6 is 0 Å². The van der Waals surface area contributed by atoms with Crippen LogP contribution in [0.25, 0.3) is 0 Å². The van der Waals surface area contributed by atoms with Crippen molar-refractivity contribution in [1.29, 1.82) is 0 Å². The second-order valence-corrected chi connectivity index (χ2v) is 2.69. The van der Waals surface area contributed by atoms with Gasteiger partial charge in [0.25, 0.3) is 6.43 Å². The van der Waals surface area contributed by atoms with Crippen molar-refractivity contribution in [2.45, 2.75) is 6.43 Å². The molecule has 0 saturated heterocycles. The van der Waals surface area contributed by atoms with Gasteiger partial charge in [-0.3, -0.25) is 0 Å². The number of pyridine rings is 1. The molecule has 1 aromatic rings. The number of nitro groups is 1. The number of carbonyl (C=O) groups excluding carboxylic acids is 1. The van der Waals surface area contributed by atoms with Crippen LogP contribution < -0.4 is 0 Å². The lowest BCUT2D eigenvalue weighted by molar-refractivity contribution is -0.389. The first-order valence-corrected chi connectivity index (χ1v) is 3.98. The number of nitrogens with zero attached hydrogens (tertiary/aromatic N) is 2. The molecule has 8 heteroatoms. The highest BCUT2D eigenvalue weighted by Crippen LogP contribution is 2.23. The van der Waals surface area contributed by atoms with Crippen molar-refractivity contribution in [1.82, 2.24) is 4.98 Å². The van der Waals surface area contributed by atoms with Crippen molar-refractivity contribution < 1.29 is 23.2 Å². The summed E-state index contributed by atoms with van der Waals surface area (Å²) in [7, 11) is 0.987. The number of methoxy groups -OCH3 is 1. The number of ether oxygens (including phenoxy) is 1. The second kappa shape index (κ2) is 4.60. The Morgan fingerprint density at radius 3 is 2.69 bits per heavy atom. The van der Waals surface area contributed by atoms with Gasteiger partial charge in [-0.2, -0.15) is 0 Å². The molecule has 16 heavy (non-hydrogen) atoms. The van der Waals surface area contributed by atoms with E-state index >= 15 is 0 Å². The first-order valence-electron chi connectivity index (χ1n) is 3.98. The SMILES string of the molecule is COC(=O)c1cc(C(F)F)cnc1[N+](=O)[O-]. The largest absolute Gasteiger partial charge is 0.465 e. The van der Waals surface area contributed by atoms with Gasteiger partial charge in [-0.15, -0.1) is 0 Å². The number of carbonyl (C=O) groups is 1. The van der Waals surface area contributed by atoms with E-state index in [0.29, 0.717) is 12.3 Å². The first-order chi connectivity index (χ1) is 7.47. The average Bonchev–Trinajstić information content (AvgIpc) is 2.26. The molecule has 0 radical (unpaired) electrons. The van der Waals surface area contributed by atoms with Crippen molar-refractivity contribution in [2.24, 2.45) is 0 Å². The fourth-order valence-electron chi connectivity index (χ4n) is 0.999.